The lowest BCUT2D eigenvalue weighted by atomic mass is 10.2. The van der Waals surface area contributed by atoms with E-state index < -0.39 is 0 Å². The van der Waals surface area contributed by atoms with Crippen LogP contribution in [-0.2, 0) is 0 Å². The second kappa shape index (κ2) is 4.07. The lowest BCUT2D eigenvalue weighted by Gasteiger charge is -2.07. The Labute approximate surface area is 105 Å². The molecule has 2 N–H and O–H groups in total. The van der Waals surface area contributed by atoms with Crippen LogP contribution in [0.25, 0.3) is 16.9 Å². The topological polar surface area (TPSA) is 52.5 Å². The fraction of sp³-hybridized carbons (Fsp3) is 0.0714. The van der Waals surface area contributed by atoms with Crippen molar-refractivity contribution in [2.24, 2.45) is 0 Å². The molecular formula is C14H13N3O. The van der Waals surface area contributed by atoms with Crippen LogP contribution in [0.3, 0.4) is 0 Å². The van der Waals surface area contributed by atoms with E-state index in [1.54, 1.807) is 7.11 Å². The number of nitrogens with two attached hydrogens (primary N) is 1. The number of hydrogen-bond acceptors (Lipinski definition) is 3. The number of nitrogens with zero attached hydrogens (tertiary/aromatic N) is 2. The van der Waals surface area contributed by atoms with Crippen LogP contribution in [0.4, 0.5) is 5.69 Å². The van der Waals surface area contributed by atoms with Crippen LogP contribution in [0, 0.1) is 0 Å². The van der Waals surface area contributed by atoms with Crippen molar-refractivity contribution in [3.63, 3.8) is 0 Å². The largest absolute Gasteiger partial charge is 0.494 e. The van der Waals surface area contributed by atoms with Gasteiger partial charge in [-0.1, -0.05) is 30.3 Å². The van der Waals surface area contributed by atoms with Gasteiger partial charge < -0.3 is 10.5 Å². The molecule has 0 fully saturated rings. The molecule has 0 atom stereocenters. The Morgan fingerprint density at radius 3 is 2.72 bits per heavy atom. The molecule has 0 aliphatic carbocycles. The summed E-state index contributed by atoms with van der Waals surface area (Å²) in [6.07, 6.45) is 3.67. The van der Waals surface area contributed by atoms with Crippen molar-refractivity contribution in [1.29, 1.82) is 0 Å². The number of anilines is 1. The standard InChI is InChI=1S/C14H13N3O/c1-18-13-7-14-16-8-12(17(14)9-11(13)15)10-5-3-2-4-6-10/h2-9H,15H2,1H3. The van der Waals surface area contributed by atoms with Crippen LogP contribution in [0.5, 0.6) is 5.75 Å². The molecule has 3 rings (SSSR count). The van der Waals surface area contributed by atoms with Crippen molar-refractivity contribution in [1.82, 2.24) is 9.38 Å². The van der Waals surface area contributed by atoms with Crippen LogP contribution < -0.4 is 10.5 Å². The van der Waals surface area contributed by atoms with Gasteiger partial charge in [0.05, 0.1) is 24.7 Å². The Balaban J connectivity index is 2.24. The summed E-state index contributed by atoms with van der Waals surface area (Å²) in [5.74, 6) is 0.646. The minimum absolute atomic E-state index is 0.597. The van der Waals surface area contributed by atoms with Crippen LogP contribution >= 0.6 is 0 Å². The molecule has 90 valence electrons. The SMILES string of the molecule is COc1cc2ncc(-c3ccccc3)n2cc1N. The summed E-state index contributed by atoms with van der Waals surface area (Å²) < 4.78 is 7.16. The molecule has 1 aromatic carbocycles. The number of ether oxygens (including phenoxy) is 1. The number of rotatable bonds is 2. The number of methoxy groups -OCH3 is 1. The van der Waals surface area contributed by atoms with E-state index in [0.29, 0.717) is 11.4 Å². The Bertz CT molecular complexity index is 689. The molecule has 0 spiro atoms. The Morgan fingerprint density at radius 1 is 1.22 bits per heavy atom. The van der Waals surface area contributed by atoms with E-state index in [0.717, 1.165) is 16.9 Å². The molecule has 2 aromatic heterocycles. The first-order valence-corrected chi connectivity index (χ1v) is 5.65. The summed E-state index contributed by atoms with van der Waals surface area (Å²) >= 11 is 0. The Kier molecular flexibility index (Phi) is 2.41. The molecule has 0 bridgehead atoms. The predicted molar refractivity (Wildman–Crippen MR) is 71.6 cm³/mol. The second-order valence-corrected chi connectivity index (χ2v) is 4.03. The van der Waals surface area contributed by atoms with E-state index >= 15 is 0 Å². The number of benzene rings is 1. The number of nitrogen functional groups attached to an aromatic ring is 1. The zero-order chi connectivity index (χ0) is 12.5. The molecule has 3 aromatic rings. The summed E-state index contributed by atoms with van der Waals surface area (Å²) in [5.41, 5.74) is 9.47. The van der Waals surface area contributed by atoms with E-state index in [-0.39, 0.29) is 0 Å². The van der Waals surface area contributed by atoms with Crippen molar-refractivity contribution in [2.75, 3.05) is 12.8 Å². The maximum Gasteiger partial charge on any atom is 0.146 e. The van der Waals surface area contributed by atoms with Gasteiger partial charge in [0.2, 0.25) is 0 Å². The fourth-order valence-corrected chi connectivity index (χ4v) is 2.02. The van der Waals surface area contributed by atoms with Crippen molar-refractivity contribution in [3.05, 3.63) is 48.8 Å². The van der Waals surface area contributed by atoms with Gasteiger partial charge in [0.1, 0.15) is 11.4 Å². The number of pyridine rings is 1. The first kappa shape index (κ1) is 10.7. The third kappa shape index (κ3) is 1.59. The second-order valence-electron chi connectivity index (χ2n) is 4.03. The summed E-state index contributed by atoms with van der Waals surface area (Å²) in [7, 11) is 1.60. The zero-order valence-corrected chi connectivity index (χ0v) is 10.00. The number of imidazole rings is 1. The first-order chi connectivity index (χ1) is 8.79. The van der Waals surface area contributed by atoms with Crippen molar-refractivity contribution < 1.29 is 4.74 Å². The van der Waals surface area contributed by atoms with Gasteiger partial charge >= 0.3 is 0 Å². The normalized spacial score (nSPS) is 10.7. The highest BCUT2D eigenvalue weighted by Crippen LogP contribution is 2.27. The molecule has 0 unspecified atom stereocenters. The van der Waals surface area contributed by atoms with E-state index in [4.69, 9.17) is 10.5 Å². The molecule has 0 saturated carbocycles. The maximum atomic E-state index is 5.93. The molecular weight excluding hydrogens is 226 g/mol. The predicted octanol–water partition coefficient (Wildman–Crippen LogP) is 2.59. The molecule has 4 heteroatoms. The van der Waals surface area contributed by atoms with Gasteiger partial charge in [-0.05, 0) is 0 Å². The van der Waals surface area contributed by atoms with Gasteiger partial charge in [0, 0.05) is 17.8 Å². The van der Waals surface area contributed by atoms with Crippen molar-refractivity contribution >= 4 is 11.3 Å². The fourth-order valence-electron chi connectivity index (χ4n) is 2.02. The molecule has 18 heavy (non-hydrogen) atoms. The molecule has 0 saturated heterocycles. The van der Waals surface area contributed by atoms with Gasteiger partial charge in [0.15, 0.2) is 0 Å². The van der Waals surface area contributed by atoms with Crippen molar-refractivity contribution in [3.8, 4) is 17.0 Å². The number of aromatic nitrogens is 2. The van der Waals surface area contributed by atoms with Gasteiger partial charge in [-0.2, -0.15) is 0 Å². The summed E-state index contributed by atoms with van der Waals surface area (Å²) in [6.45, 7) is 0. The molecule has 2 heterocycles. The third-order valence-electron chi connectivity index (χ3n) is 2.93. The average molecular weight is 239 g/mol. The Morgan fingerprint density at radius 2 is 2.00 bits per heavy atom. The average Bonchev–Trinajstić information content (AvgIpc) is 2.81. The van der Waals surface area contributed by atoms with E-state index in [1.807, 2.05) is 53.2 Å². The number of fused-ring (bicyclic) bond motifs is 1. The molecule has 0 aliphatic heterocycles. The van der Waals surface area contributed by atoms with E-state index in [1.165, 1.54) is 0 Å². The quantitative estimate of drug-likeness (QED) is 0.747. The van der Waals surface area contributed by atoms with Crippen LogP contribution in [0.15, 0.2) is 48.8 Å². The minimum Gasteiger partial charge on any atom is -0.494 e. The maximum absolute atomic E-state index is 5.93. The first-order valence-electron chi connectivity index (χ1n) is 5.65. The van der Waals surface area contributed by atoms with Gasteiger partial charge in [-0.25, -0.2) is 4.98 Å². The molecule has 0 radical (unpaired) electrons. The van der Waals surface area contributed by atoms with Gasteiger partial charge in [-0.15, -0.1) is 0 Å². The molecule has 0 aliphatic rings. The zero-order valence-electron chi connectivity index (χ0n) is 10.00. The smallest absolute Gasteiger partial charge is 0.146 e. The monoisotopic (exact) mass is 239 g/mol. The highest BCUT2D eigenvalue weighted by atomic mass is 16.5. The van der Waals surface area contributed by atoms with Crippen LogP contribution in [-0.4, -0.2) is 16.5 Å². The highest BCUT2D eigenvalue weighted by molar-refractivity contribution is 5.67. The van der Waals surface area contributed by atoms with Crippen LogP contribution in [0.2, 0.25) is 0 Å². The molecule has 4 nitrogen and oxygen atoms in total. The van der Waals surface area contributed by atoms with Crippen LogP contribution in [0.1, 0.15) is 0 Å². The summed E-state index contributed by atoms with van der Waals surface area (Å²) in [6, 6.07) is 11.9. The molecule has 0 amide bonds. The minimum atomic E-state index is 0.597. The van der Waals surface area contributed by atoms with E-state index in [9.17, 15) is 0 Å². The van der Waals surface area contributed by atoms with Gasteiger partial charge in [0.25, 0.3) is 0 Å². The lowest BCUT2D eigenvalue weighted by Crippen LogP contribution is -1.97. The summed E-state index contributed by atoms with van der Waals surface area (Å²) in [5, 5.41) is 0. The summed E-state index contributed by atoms with van der Waals surface area (Å²) in [4.78, 5) is 4.37. The Hall–Kier alpha value is -2.49. The highest BCUT2D eigenvalue weighted by Gasteiger charge is 2.08. The van der Waals surface area contributed by atoms with E-state index in [2.05, 4.69) is 4.98 Å². The third-order valence-corrected chi connectivity index (χ3v) is 2.93. The lowest BCUT2D eigenvalue weighted by molar-refractivity contribution is 0.417. The number of hydrogen-bond donors (Lipinski definition) is 1. The van der Waals surface area contributed by atoms with Crippen molar-refractivity contribution in [2.45, 2.75) is 0 Å². The van der Waals surface area contributed by atoms with Gasteiger partial charge in [-0.3, -0.25) is 4.40 Å².